The molecule has 0 saturated carbocycles. The highest BCUT2D eigenvalue weighted by molar-refractivity contribution is 5.17. The fourth-order valence-electron chi connectivity index (χ4n) is 2.98. The molecular formula is C17H31N. The van der Waals surface area contributed by atoms with Crippen molar-refractivity contribution in [3.05, 3.63) is 24.3 Å². The zero-order valence-corrected chi connectivity index (χ0v) is 12.6. The van der Waals surface area contributed by atoms with Crippen molar-refractivity contribution in [1.29, 1.82) is 0 Å². The molecule has 1 unspecified atom stereocenters. The van der Waals surface area contributed by atoms with E-state index in [2.05, 4.69) is 50.2 Å². The SMILES string of the molecule is CCCCCCCCC1(CN(C)C)C=CC=CC1. The normalized spacial score (nSPS) is 22.9. The summed E-state index contributed by atoms with van der Waals surface area (Å²) in [4.78, 5) is 2.33. The molecule has 0 aromatic heterocycles. The van der Waals surface area contributed by atoms with Gasteiger partial charge in [-0.3, -0.25) is 0 Å². The largest absolute Gasteiger partial charge is 0.309 e. The molecular weight excluding hydrogens is 218 g/mol. The fourth-order valence-corrected chi connectivity index (χ4v) is 2.98. The smallest absolute Gasteiger partial charge is 0.00697 e. The maximum Gasteiger partial charge on any atom is 0.00697 e. The van der Waals surface area contributed by atoms with Crippen molar-refractivity contribution in [3.63, 3.8) is 0 Å². The lowest BCUT2D eigenvalue weighted by molar-refractivity contribution is 0.231. The third kappa shape index (κ3) is 5.86. The van der Waals surface area contributed by atoms with Gasteiger partial charge in [0.25, 0.3) is 0 Å². The van der Waals surface area contributed by atoms with Gasteiger partial charge in [0.1, 0.15) is 0 Å². The third-order valence-corrected chi connectivity index (χ3v) is 3.88. The van der Waals surface area contributed by atoms with Crippen molar-refractivity contribution in [2.75, 3.05) is 20.6 Å². The monoisotopic (exact) mass is 249 g/mol. The molecule has 0 N–H and O–H groups in total. The van der Waals surface area contributed by atoms with Crippen molar-refractivity contribution in [3.8, 4) is 0 Å². The van der Waals surface area contributed by atoms with E-state index in [-0.39, 0.29) is 0 Å². The van der Waals surface area contributed by atoms with Crippen LogP contribution in [0.4, 0.5) is 0 Å². The summed E-state index contributed by atoms with van der Waals surface area (Å²) in [6.07, 6.45) is 20.2. The van der Waals surface area contributed by atoms with E-state index >= 15 is 0 Å². The molecule has 0 amide bonds. The van der Waals surface area contributed by atoms with E-state index in [4.69, 9.17) is 0 Å². The van der Waals surface area contributed by atoms with E-state index in [0.717, 1.165) is 0 Å². The maximum absolute atomic E-state index is 2.44. The van der Waals surface area contributed by atoms with Gasteiger partial charge in [0, 0.05) is 12.0 Å². The van der Waals surface area contributed by atoms with Gasteiger partial charge in [-0.1, -0.05) is 69.8 Å². The predicted molar refractivity (Wildman–Crippen MR) is 81.9 cm³/mol. The summed E-state index contributed by atoms with van der Waals surface area (Å²) in [5, 5.41) is 0. The lowest BCUT2D eigenvalue weighted by atomic mass is 9.77. The highest BCUT2D eigenvalue weighted by Gasteiger charge is 2.27. The molecule has 0 radical (unpaired) electrons. The van der Waals surface area contributed by atoms with Crippen molar-refractivity contribution >= 4 is 0 Å². The molecule has 1 aliphatic carbocycles. The minimum Gasteiger partial charge on any atom is -0.309 e. The predicted octanol–water partition coefficient (Wildman–Crippen LogP) is 4.80. The molecule has 0 aromatic rings. The summed E-state index contributed by atoms with van der Waals surface area (Å²) in [5.74, 6) is 0. The van der Waals surface area contributed by atoms with E-state index in [0.29, 0.717) is 5.41 Å². The van der Waals surface area contributed by atoms with Gasteiger partial charge in [0.15, 0.2) is 0 Å². The Hall–Kier alpha value is -0.560. The van der Waals surface area contributed by atoms with Crippen molar-refractivity contribution in [2.45, 2.75) is 58.3 Å². The van der Waals surface area contributed by atoms with E-state index < -0.39 is 0 Å². The zero-order valence-electron chi connectivity index (χ0n) is 12.6. The standard InChI is InChI=1S/C17H31N/c1-4-5-6-7-8-10-13-17(16-18(2)3)14-11-9-12-15-17/h9,11-12,14H,4-8,10,13,15-16H2,1-3H3. The second-order valence-corrected chi connectivity index (χ2v) is 6.11. The topological polar surface area (TPSA) is 3.24 Å². The van der Waals surface area contributed by atoms with Crippen molar-refractivity contribution in [2.24, 2.45) is 5.41 Å². The first-order valence-electron chi connectivity index (χ1n) is 7.68. The van der Waals surface area contributed by atoms with Crippen LogP contribution in [-0.2, 0) is 0 Å². The fraction of sp³-hybridized carbons (Fsp3) is 0.765. The van der Waals surface area contributed by atoms with E-state index in [9.17, 15) is 0 Å². The Labute approximate surface area is 114 Å². The lowest BCUT2D eigenvalue weighted by Gasteiger charge is -2.34. The Balaban J connectivity index is 2.29. The van der Waals surface area contributed by atoms with Crippen LogP contribution in [0.25, 0.3) is 0 Å². The molecule has 0 heterocycles. The summed E-state index contributed by atoms with van der Waals surface area (Å²) >= 11 is 0. The number of hydrogen-bond donors (Lipinski definition) is 0. The van der Waals surface area contributed by atoms with Crippen LogP contribution in [0, 0.1) is 5.41 Å². The van der Waals surface area contributed by atoms with Crippen LogP contribution in [-0.4, -0.2) is 25.5 Å². The van der Waals surface area contributed by atoms with E-state index in [1.807, 2.05) is 0 Å². The van der Waals surface area contributed by atoms with Crippen molar-refractivity contribution < 1.29 is 0 Å². The minimum atomic E-state index is 0.406. The molecule has 18 heavy (non-hydrogen) atoms. The highest BCUT2D eigenvalue weighted by atomic mass is 15.1. The van der Waals surface area contributed by atoms with Crippen LogP contribution in [0.5, 0.6) is 0 Å². The molecule has 104 valence electrons. The second-order valence-electron chi connectivity index (χ2n) is 6.11. The summed E-state index contributed by atoms with van der Waals surface area (Å²) < 4.78 is 0. The number of nitrogens with zero attached hydrogens (tertiary/aromatic N) is 1. The first-order chi connectivity index (χ1) is 8.68. The Kier molecular flexibility index (Phi) is 7.34. The summed E-state index contributed by atoms with van der Waals surface area (Å²) in [6, 6.07) is 0. The van der Waals surface area contributed by atoms with Gasteiger partial charge in [-0.2, -0.15) is 0 Å². The average Bonchev–Trinajstić information content (AvgIpc) is 2.34. The molecule has 1 rings (SSSR count). The summed E-state index contributed by atoms with van der Waals surface area (Å²) in [7, 11) is 4.38. The number of rotatable bonds is 9. The Morgan fingerprint density at radius 3 is 2.33 bits per heavy atom. The molecule has 0 aliphatic heterocycles. The Morgan fingerprint density at radius 1 is 1.00 bits per heavy atom. The van der Waals surface area contributed by atoms with Crippen LogP contribution in [0.3, 0.4) is 0 Å². The maximum atomic E-state index is 2.44. The zero-order chi connectivity index (χ0) is 13.3. The van der Waals surface area contributed by atoms with Crippen LogP contribution >= 0.6 is 0 Å². The number of hydrogen-bond acceptors (Lipinski definition) is 1. The van der Waals surface area contributed by atoms with Gasteiger partial charge in [0.05, 0.1) is 0 Å². The Morgan fingerprint density at radius 2 is 1.72 bits per heavy atom. The minimum absolute atomic E-state index is 0.406. The van der Waals surface area contributed by atoms with Gasteiger partial charge in [-0.05, 0) is 26.9 Å². The molecule has 1 aliphatic rings. The second kappa shape index (κ2) is 8.53. The molecule has 0 spiro atoms. The van der Waals surface area contributed by atoms with Gasteiger partial charge in [-0.25, -0.2) is 0 Å². The van der Waals surface area contributed by atoms with E-state index in [1.165, 1.54) is 57.9 Å². The lowest BCUT2D eigenvalue weighted by Crippen LogP contribution is -2.32. The summed E-state index contributed by atoms with van der Waals surface area (Å²) in [6.45, 7) is 3.47. The first kappa shape index (κ1) is 15.5. The molecule has 1 nitrogen and oxygen atoms in total. The van der Waals surface area contributed by atoms with Crippen molar-refractivity contribution in [1.82, 2.24) is 4.90 Å². The van der Waals surface area contributed by atoms with Gasteiger partial charge < -0.3 is 4.90 Å². The molecule has 1 heteroatoms. The molecule has 0 aromatic carbocycles. The Bertz CT molecular complexity index is 265. The molecule has 0 fully saturated rings. The molecule has 1 atom stereocenters. The molecule has 0 saturated heterocycles. The van der Waals surface area contributed by atoms with E-state index in [1.54, 1.807) is 0 Å². The highest BCUT2D eigenvalue weighted by Crippen LogP contribution is 2.34. The summed E-state index contributed by atoms with van der Waals surface area (Å²) in [5.41, 5.74) is 0.406. The van der Waals surface area contributed by atoms with Crippen LogP contribution < -0.4 is 0 Å². The average molecular weight is 249 g/mol. The van der Waals surface area contributed by atoms with Crippen LogP contribution in [0.2, 0.25) is 0 Å². The first-order valence-corrected chi connectivity index (χ1v) is 7.68. The quantitative estimate of drug-likeness (QED) is 0.530. The van der Waals surface area contributed by atoms with Gasteiger partial charge in [-0.15, -0.1) is 0 Å². The third-order valence-electron chi connectivity index (χ3n) is 3.88. The van der Waals surface area contributed by atoms with Gasteiger partial charge >= 0.3 is 0 Å². The molecule has 0 bridgehead atoms. The van der Waals surface area contributed by atoms with Gasteiger partial charge in [0.2, 0.25) is 0 Å². The van der Waals surface area contributed by atoms with Crippen LogP contribution in [0.1, 0.15) is 58.3 Å². The van der Waals surface area contributed by atoms with Crippen LogP contribution in [0.15, 0.2) is 24.3 Å². The number of allylic oxidation sites excluding steroid dienone is 3. The number of unbranched alkanes of at least 4 members (excludes halogenated alkanes) is 5.